The molecular formula is C15H16BrN3O3. The molecule has 0 saturated carbocycles. The number of amides is 1. The Kier molecular flexibility index (Phi) is 4.97. The van der Waals surface area contributed by atoms with Gasteiger partial charge < -0.3 is 9.47 Å². The topological polar surface area (TPSA) is 73.3 Å². The maximum atomic E-state index is 11.7. The third kappa shape index (κ3) is 5.33. The molecule has 116 valence electrons. The van der Waals surface area contributed by atoms with E-state index in [0.29, 0.717) is 21.9 Å². The predicted molar refractivity (Wildman–Crippen MR) is 86.1 cm³/mol. The number of nitrogens with one attached hydrogen (secondary N) is 1. The zero-order chi connectivity index (χ0) is 16.2. The summed E-state index contributed by atoms with van der Waals surface area (Å²) in [4.78, 5) is 19.6. The lowest BCUT2D eigenvalue weighted by Gasteiger charge is -2.19. The molecule has 22 heavy (non-hydrogen) atoms. The largest absolute Gasteiger partial charge is 0.444 e. The van der Waals surface area contributed by atoms with Gasteiger partial charge in [0.15, 0.2) is 0 Å². The molecule has 1 N–H and O–H groups in total. The molecule has 0 radical (unpaired) electrons. The average Bonchev–Trinajstić information content (AvgIpc) is 2.39. The zero-order valence-electron chi connectivity index (χ0n) is 12.5. The molecule has 1 heterocycles. The first-order chi connectivity index (χ1) is 10.3. The van der Waals surface area contributed by atoms with Crippen molar-refractivity contribution in [3.63, 3.8) is 0 Å². The molecule has 0 atom stereocenters. The molecule has 0 aliphatic carbocycles. The van der Waals surface area contributed by atoms with Crippen LogP contribution in [0.15, 0.2) is 41.3 Å². The predicted octanol–water partition coefficient (Wildman–Crippen LogP) is 4.38. The third-order valence-electron chi connectivity index (χ3n) is 2.33. The highest BCUT2D eigenvalue weighted by atomic mass is 79.9. The molecule has 6 nitrogen and oxygen atoms in total. The van der Waals surface area contributed by atoms with Crippen LogP contribution in [-0.4, -0.2) is 21.7 Å². The van der Waals surface area contributed by atoms with Crippen LogP contribution >= 0.6 is 15.9 Å². The smallest absolute Gasteiger partial charge is 0.412 e. The van der Waals surface area contributed by atoms with Gasteiger partial charge >= 0.3 is 6.09 Å². The molecule has 1 amide bonds. The Morgan fingerprint density at radius 1 is 1.18 bits per heavy atom. The van der Waals surface area contributed by atoms with Gasteiger partial charge in [-0.2, -0.15) is 0 Å². The first-order valence-electron chi connectivity index (χ1n) is 6.57. The van der Waals surface area contributed by atoms with Gasteiger partial charge in [-0.25, -0.2) is 14.8 Å². The van der Waals surface area contributed by atoms with Crippen molar-refractivity contribution in [2.75, 3.05) is 5.32 Å². The first-order valence-corrected chi connectivity index (χ1v) is 7.36. The summed E-state index contributed by atoms with van der Waals surface area (Å²) in [6.45, 7) is 5.43. The highest BCUT2D eigenvalue weighted by Crippen LogP contribution is 2.23. The van der Waals surface area contributed by atoms with Crippen molar-refractivity contribution in [1.29, 1.82) is 0 Å². The van der Waals surface area contributed by atoms with Crippen molar-refractivity contribution < 1.29 is 14.3 Å². The van der Waals surface area contributed by atoms with Crippen molar-refractivity contribution >= 4 is 27.7 Å². The van der Waals surface area contributed by atoms with E-state index in [1.54, 1.807) is 30.3 Å². The van der Waals surface area contributed by atoms with Gasteiger partial charge in [0.05, 0.1) is 0 Å². The second kappa shape index (κ2) is 6.74. The second-order valence-electron chi connectivity index (χ2n) is 5.43. The summed E-state index contributed by atoms with van der Waals surface area (Å²) in [5.74, 6) is 1.02. The molecule has 1 aromatic heterocycles. The molecule has 0 fully saturated rings. The molecule has 1 aromatic carbocycles. The van der Waals surface area contributed by atoms with Gasteiger partial charge in [0.1, 0.15) is 22.3 Å². The number of halogens is 1. The summed E-state index contributed by atoms with van der Waals surface area (Å²) < 4.78 is 11.4. The van der Waals surface area contributed by atoms with Crippen molar-refractivity contribution in [2.45, 2.75) is 26.4 Å². The van der Waals surface area contributed by atoms with E-state index in [4.69, 9.17) is 9.47 Å². The fourth-order valence-electron chi connectivity index (χ4n) is 1.52. The lowest BCUT2D eigenvalue weighted by Crippen LogP contribution is -2.27. The number of hydrogen-bond acceptors (Lipinski definition) is 5. The van der Waals surface area contributed by atoms with Crippen LogP contribution in [0.3, 0.4) is 0 Å². The van der Waals surface area contributed by atoms with Crippen molar-refractivity contribution in [3.05, 3.63) is 41.3 Å². The number of hydrogen-bond donors (Lipinski definition) is 1. The Bertz CT molecular complexity index is 654. The highest BCUT2D eigenvalue weighted by Gasteiger charge is 2.16. The van der Waals surface area contributed by atoms with Gasteiger partial charge in [-0.05, 0) is 61.0 Å². The fourth-order valence-corrected chi connectivity index (χ4v) is 1.81. The number of aromatic nitrogens is 2. The Balaban J connectivity index is 1.97. The van der Waals surface area contributed by atoms with Crippen LogP contribution in [-0.2, 0) is 4.74 Å². The number of rotatable bonds is 3. The van der Waals surface area contributed by atoms with Crippen molar-refractivity contribution in [3.8, 4) is 11.6 Å². The molecule has 0 unspecified atom stereocenters. The average molecular weight is 366 g/mol. The minimum absolute atomic E-state index is 0.426. The van der Waals surface area contributed by atoms with Crippen LogP contribution in [0.5, 0.6) is 11.6 Å². The fraction of sp³-hybridized carbons (Fsp3) is 0.267. The van der Waals surface area contributed by atoms with Crippen molar-refractivity contribution in [2.24, 2.45) is 0 Å². The molecule has 0 aliphatic heterocycles. The van der Waals surface area contributed by atoms with Gasteiger partial charge in [0.2, 0.25) is 5.88 Å². The van der Waals surface area contributed by atoms with E-state index in [9.17, 15) is 4.79 Å². The Morgan fingerprint density at radius 3 is 2.45 bits per heavy atom. The van der Waals surface area contributed by atoms with Crippen LogP contribution in [0.4, 0.5) is 10.5 Å². The third-order valence-corrected chi connectivity index (χ3v) is 2.76. The Hall–Kier alpha value is -2.15. The van der Waals surface area contributed by atoms with Gasteiger partial charge in [0.25, 0.3) is 0 Å². The monoisotopic (exact) mass is 365 g/mol. The van der Waals surface area contributed by atoms with Gasteiger partial charge in [-0.15, -0.1) is 0 Å². The number of carbonyl (C=O) groups is 1. The second-order valence-corrected chi connectivity index (χ2v) is 6.24. The highest BCUT2D eigenvalue weighted by molar-refractivity contribution is 9.10. The van der Waals surface area contributed by atoms with Crippen LogP contribution < -0.4 is 10.1 Å². The van der Waals surface area contributed by atoms with E-state index in [2.05, 4.69) is 31.2 Å². The van der Waals surface area contributed by atoms with Crippen LogP contribution in [0.25, 0.3) is 0 Å². The maximum absolute atomic E-state index is 11.7. The summed E-state index contributed by atoms with van der Waals surface area (Å²) in [5.41, 5.74) is 0.0820. The van der Waals surface area contributed by atoms with E-state index in [1.807, 2.05) is 20.8 Å². The Morgan fingerprint density at radius 2 is 1.86 bits per heavy atom. The SMILES string of the molecule is CC(C)(C)OC(=O)Nc1ccc(Oc2cc(Br)ncn2)cc1. The van der Waals surface area contributed by atoms with E-state index in [-0.39, 0.29) is 0 Å². The normalized spacial score (nSPS) is 10.9. The molecule has 2 rings (SSSR count). The number of nitrogens with zero attached hydrogens (tertiary/aromatic N) is 2. The summed E-state index contributed by atoms with van der Waals surface area (Å²) in [6.07, 6.45) is 0.901. The minimum Gasteiger partial charge on any atom is -0.444 e. The quantitative estimate of drug-likeness (QED) is 0.817. The van der Waals surface area contributed by atoms with E-state index in [0.717, 1.165) is 0 Å². The molecule has 0 bridgehead atoms. The van der Waals surface area contributed by atoms with E-state index < -0.39 is 11.7 Å². The Labute approximate surface area is 137 Å². The van der Waals surface area contributed by atoms with Crippen LogP contribution in [0.2, 0.25) is 0 Å². The number of anilines is 1. The van der Waals surface area contributed by atoms with Crippen LogP contribution in [0.1, 0.15) is 20.8 Å². The molecule has 0 aliphatic rings. The van der Waals surface area contributed by atoms with Crippen LogP contribution in [0, 0.1) is 0 Å². The van der Waals surface area contributed by atoms with E-state index in [1.165, 1.54) is 6.33 Å². The lowest BCUT2D eigenvalue weighted by molar-refractivity contribution is 0.0636. The number of carbonyl (C=O) groups excluding carboxylic acids is 1. The maximum Gasteiger partial charge on any atom is 0.412 e. The molecule has 0 saturated heterocycles. The summed E-state index contributed by atoms with van der Waals surface area (Å²) in [7, 11) is 0. The molecule has 2 aromatic rings. The first kappa shape index (κ1) is 16.2. The zero-order valence-corrected chi connectivity index (χ0v) is 14.0. The lowest BCUT2D eigenvalue weighted by atomic mass is 10.2. The molecule has 0 spiro atoms. The van der Waals surface area contributed by atoms with Gasteiger partial charge in [-0.1, -0.05) is 0 Å². The minimum atomic E-state index is -0.534. The molecular weight excluding hydrogens is 350 g/mol. The van der Waals surface area contributed by atoms with Gasteiger partial charge in [0, 0.05) is 11.8 Å². The summed E-state index contributed by atoms with van der Waals surface area (Å²) >= 11 is 3.25. The standard InChI is InChI=1S/C15H16BrN3O3/c1-15(2,3)22-14(20)19-10-4-6-11(7-5-10)21-13-8-12(16)17-9-18-13/h4-9H,1-3H3,(H,19,20). The van der Waals surface area contributed by atoms with E-state index >= 15 is 0 Å². The molecule has 7 heteroatoms. The number of ether oxygens (including phenoxy) is 2. The summed E-state index contributed by atoms with van der Waals surface area (Å²) in [5, 5.41) is 2.65. The summed E-state index contributed by atoms with van der Waals surface area (Å²) in [6, 6.07) is 8.54. The number of benzene rings is 1. The van der Waals surface area contributed by atoms with Gasteiger partial charge in [-0.3, -0.25) is 5.32 Å². The van der Waals surface area contributed by atoms with Crippen molar-refractivity contribution in [1.82, 2.24) is 9.97 Å².